The van der Waals surface area contributed by atoms with E-state index in [-0.39, 0.29) is 11.4 Å². The fourth-order valence-corrected chi connectivity index (χ4v) is 2.30. The minimum absolute atomic E-state index is 0.0699. The van der Waals surface area contributed by atoms with Crippen LogP contribution in [0, 0.1) is 5.82 Å². The van der Waals surface area contributed by atoms with Crippen molar-refractivity contribution >= 4 is 10.8 Å². The van der Waals surface area contributed by atoms with Crippen molar-refractivity contribution in [3.05, 3.63) is 76.5 Å². The van der Waals surface area contributed by atoms with E-state index in [4.69, 9.17) is 4.74 Å². The molecule has 0 aliphatic carbocycles. The molecule has 0 spiro atoms. The predicted octanol–water partition coefficient (Wildman–Crippen LogP) is 3.20. The second kappa shape index (κ2) is 5.40. The Bertz CT molecular complexity index is 838. The van der Waals surface area contributed by atoms with E-state index in [1.165, 1.54) is 12.1 Å². The van der Waals surface area contributed by atoms with Crippen molar-refractivity contribution < 1.29 is 9.13 Å². The van der Waals surface area contributed by atoms with Gasteiger partial charge >= 0.3 is 0 Å². The standard InChI is InChI=1S/C17H14FNO2/c1-21-15-6-7-16-13(10-15)8-9-19(17(16)20)11-12-2-4-14(18)5-3-12/h2-10H,11H2,1H3. The Hall–Kier alpha value is -2.62. The lowest BCUT2D eigenvalue weighted by atomic mass is 10.1. The molecule has 3 rings (SSSR count). The molecule has 1 heterocycles. The number of fused-ring (bicyclic) bond motifs is 1. The van der Waals surface area contributed by atoms with Crippen molar-refractivity contribution in [3.63, 3.8) is 0 Å². The fourth-order valence-electron chi connectivity index (χ4n) is 2.30. The number of aromatic nitrogens is 1. The average molecular weight is 283 g/mol. The molecule has 0 N–H and O–H groups in total. The molecule has 0 amide bonds. The molecule has 0 saturated heterocycles. The summed E-state index contributed by atoms with van der Waals surface area (Å²) >= 11 is 0. The van der Waals surface area contributed by atoms with Crippen LogP contribution in [-0.2, 0) is 6.54 Å². The van der Waals surface area contributed by atoms with Gasteiger partial charge in [-0.2, -0.15) is 0 Å². The molecular weight excluding hydrogens is 269 g/mol. The van der Waals surface area contributed by atoms with Gasteiger partial charge in [-0.3, -0.25) is 4.79 Å². The van der Waals surface area contributed by atoms with Crippen molar-refractivity contribution in [3.8, 4) is 5.75 Å². The van der Waals surface area contributed by atoms with E-state index in [9.17, 15) is 9.18 Å². The van der Waals surface area contributed by atoms with Crippen molar-refractivity contribution in [2.75, 3.05) is 7.11 Å². The molecule has 0 aliphatic heterocycles. The molecule has 1 aromatic heterocycles. The molecule has 2 aromatic carbocycles. The van der Waals surface area contributed by atoms with Crippen LogP contribution in [0.2, 0.25) is 0 Å². The average Bonchev–Trinajstić information content (AvgIpc) is 2.52. The normalized spacial score (nSPS) is 10.8. The van der Waals surface area contributed by atoms with Crippen LogP contribution >= 0.6 is 0 Å². The van der Waals surface area contributed by atoms with E-state index < -0.39 is 0 Å². The number of rotatable bonds is 3. The maximum atomic E-state index is 12.9. The first-order valence-corrected chi connectivity index (χ1v) is 6.59. The zero-order valence-electron chi connectivity index (χ0n) is 11.5. The highest BCUT2D eigenvalue weighted by molar-refractivity contribution is 5.82. The fraction of sp³-hybridized carbons (Fsp3) is 0.118. The number of methoxy groups -OCH3 is 1. The van der Waals surface area contributed by atoms with Gasteiger partial charge in [-0.25, -0.2) is 4.39 Å². The maximum Gasteiger partial charge on any atom is 0.258 e. The zero-order valence-corrected chi connectivity index (χ0v) is 11.5. The summed E-state index contributed by atoms with van der Waals surface area (Å²) in [5, 5.41) is 1.48. The van der Waals surface area contributed by atoms with Crippen molar-refractivity contribution in [2.45, 2.75) is 6.54 Å². The first kappa shape index (κ1) is 13.4. The Morgan fingerprint density at radius 3 is 2.57 bits per heavy atom. The van der Waals surface area contributed by atoms with Crippen LogP contribution in [0.1, 0.15) is 5.56 Å². The topological polar surface area (TPSA) is 31.2 Å². The Kier molecular flexibility index (Phi) is 3.44. The molecule has 0 aliphatic rings. The highest BCUT2D eigenvalue weighted by Crippen LogP contribution is 2.18. The molecule has 0 atom stereocenters. The summed E-state index contributed by atoms with van der Waals surface area (Å²) in [5.74, 6) is 0.440. The van der Waals surface area contributed by atoms with E-state index in [2.05, 4.69) is 0 Å². The van der Waals surface area contributed by atoms with Gasteiger partial charge in [0.2, 0.25) is 0 Å². The second-order valence-electron chi connectivity index (χ2n) is 4.83. The summed E-state index contributed by atoms with van der Waals surface area (Å²) in [6.07, 6.45) is 1.74. The highest BCUT2D eigenvalue weighted by Gasteiger charge is 2.05. The first-order valence-electron chi connectivity index (χ1n) is 6.59. The molecular formula is C17H14FNO2. The maximum absolute atomic E-state index is 12.9. The molecule has 21 heavy (non-hydrogen) atoms. The lowest BCUT2D eigenvalue weighted by Crippen LogP contribution is -2.20. The molecule has 106 valence electrons. The van der Waals surface area contributed by atoms with Crippen LogP contribution in [0.25, 0.3) is 10.8 Å². The number of hydrogen-bond acceptors (Lipinski definition) is 2. The monoisotopic (exact) mass is 283 g/mol. The third kappa shape index (κ3) is 2.65. The first-order chi connectivity index (χ1) is 10.2. The van der Waals surface area contributed by atoms with E-state index in [1.54, 1.807) is 42.1 Å². The third-order valence-electron chi connectivity index (χ3n) is 3.45. The molecule has 0 saturated carbocycles. The van der Waals surface area contributed by atoms with Crippen molar-refractivity contribution in [1.29, 1.82) is 0 Å². The van der Waals surface area contributed by atoms with E-state index in [1.807, 2.05) is 12.1 Å². The van der Waals surface area contributed by atoms with Gasteiger partial charge in [-0.15, -0.1) is 0 Å². The van der Waals surface area contributed by atoms with Gasteiger partial charge in [0.1, 0.15) is 11.6 Å². The van der Waals surface area contributed by atoms with E-state index in [0.717, 1.165) is 16.7 Å². The molecule has 0 fully saturated rings. The smallest absolute Gasteiger partial charge is 0.258 e. The molecule has 3 aromatic rings. The highest BCUT2D eigenvalue weighted by atomic mass is 19.1. The summed E-state index contributed by atoms with van der Waals surface area (Å²) in [6, 6.07) is 13.4. The van der Waals surface area contributed by atoms with Crippen LogP contribution in [0.5, 0.6) is 5.75 Å². The van der Waals surface area contributed by atoms with Crippen LogP contribution in [-0.4, -0.2) is 11.7 Å². The Morgan fingerprint density at radius 2 is 1.86 bits per heavy atom. The van der Waals surface area contributed by atoms with E-state index >= 15 is 0 Å². The van der Waals surface area contributed by atoms with Crippen molar-refractivity contribution in [1.82, 2.24) is 4.57 Å². The lowest BCUT2D eigenvalue weighted by Gasteiger charge is -2.08. The Labute approximate surface area is 121 Å². The molecule has 0 unspecified atom stereocenters. The second-order valence-corrected chi connectivity index (χ2v) is 4.83. The third-order valence-corrected chi connectivity index (χ3v) is 3.45. The number of pyridine rings is 1. The minimum atomic E-state index is -0.281. The van der Waals surface area contributed by atoms with Crippen LogP contribution < -0.4 is 10.3 Å². The number of ether oxygens (including phenoxy) is 1. The van der Waals surface area contributed by atoms with Gasteiger partial charge in [-0.1, -0.05) is 12.1 Å². The van der Waals surface area contributed by atoms with Gasteiger partial charge in [0.25, 0.3) is 5.56 Å². The van der Waals surface area contributed by atoms with Crippen LogP contribution in [0.15, 0.2) is 59.5 Å². The van der Waals surface area contributed by atoms with E-state index in [0.29, 0.717) is 11.9 Å². The van der Waals surface area contributed by atoms with Gasteiger partial charge < -0.3 is 9.30 Å². The molecule has 0 bridgehead atoms. The summed E-state index contributed by atoms with van der Waals surface area (Å²) in [5.41, 5.74) is 0.811. The number of halogens is 1. The predicted molar refractivity (Wildman–Crippen MR) is 80.3 cm³/mol. The zero-order chi connectivity index (χ0) is 14.8. The SMILES string of the molecule is COc1ccc2c(=O)n(Cc3ccc(F)cc3)ccc2c1. The summed E-state index contributed by atoms with van der Waals surface area (Å²) < 4.78 is 19.7. The van der Waals surface area contributed by atoms with Crippen molar-refractivity contribution in [2.24, 2.45) is 0 Å². The van der Waals surface area contributed by atoms with Crippen LogP contribution in [0.3, 0.4) is 0 Å². The Morgan fingerprint density at radius 1 is 1.10 bits per heavy atom. The van der Waals surface area contributed by atoms with Gasteiger partial charge in [0.15, 0.2) is 0 Å². The summed E-state index contributed by atoms with van der Waals surface area (Å²) in [4.78, 5) is 12.4. The molecule has 4 heteroatoms. The quantitative estimate of drug-likeness (QED) is 0.739. The van der Waals surface area contributed by atoms with Gasteiger partial charge in [-0.05, 0) is 47.3 Å². The number of hydrogen-bond donors (Lipinski definition) is 0. The summed E-state index contributed by atoms with van der Waals surface area (Å²) in [7, 11) is 1.59. The Balaban J connectivity index is 2.02. The number of nitrogens with zero attached hydrogens (tertiary/aromatic N) is 1. The molecule has 0 radical (unpaired) electrons. The van der Waals surface area contributed by atoms with Crippen LogP contribution in [0.4, 0.5) is 4.39 Å². The number of benzene rings is 2. The van der Waals surface area contributed by atoms with Gasteiger partial charge in [0, 0.05) is 11.6 Å². The summed E-state index contributed by atoms with van der Waals surface area (Å²) in [6.45, 7) is 0.418. The molecule has 3 nitrogen and oxygen atoms in total. The van der Waals surface area contributed by atoms with Gasteiger partial charge in [0.05, 0.1) is 13.7 Å². The lowest BCUT2D eigenvalue weighted by molar-refractivity contribution is 0.415. The largest absolute Gasteiger partial charge is 0.497 e. The minimum Gasteiger partial charge on any atom is -0.497 e.